The Morgan fingerprint density at radius 1 is 0.679 bits per heavy atom. The number of ether oxygens (including phenoxy) is 2. The van der Waals surface area contributed by atoms with E-state index in [1.54, 1.807) is 14.1 Å². The van der Waals surface area contributed by atoms with Crippen molar-refractivity contribution in [1.82, 2.24) is 31.1 Å². The molecule has 1 saturated heterocycles. The first-order valence-corrected chi connectivity index (χ1v) is 19.3. The van der Waals surface area contributed by atoms with Gasteiger partial charge in [-0.25, -0.2) is 14.4 Å². The van der Waals surface area contributed by atoms with Crippen LogP contribution in [-0.4, -0.2) is 92.4 Å². The quantitative estimate of drug-likeness (QED) is 0.194. The fourth-order valence-corrected chi connectivity index (χ4v) is 9.70. The lowest BCUT2D eigenvalue weighted by atomic mass is 9.58. The van der Waals surface area contributed by atoms with Gasteiger partial charge in [-0.1, -0.05) is 78.9 Å². The standard InChI is InChI=1S/C42H54N6O5/c1-43-40(50)45-21-23-47(27-29-11-5-3-6-12-29)31-17-19-35-37(25-31)52-38-26-32(48(24-22-46-41(51)44-2)28-30-13-7-4-8-14-30)18-20-36(38)42(35)34-16-10-9-15-33(34)39(49)53-42/h3-16,31-32,35-38H,17-28H2,1-2H3,(H2,43,45,50)(H2,44,46,51). The molecule has 2 aliphatic carbocycles. The van der Waals surface area contributed by atoms with E-state index in [4.69, 9.17) is 9.47 Å². The van der Waals surface area contributed by atoms with Crippen molar-refractivity contribution >= 4 is 18.0 Å². The Balaban J connectivity index is 1.16. The van der Waals surface area contributed by atoms with Crippen LogP contribution in [0, 0.1) is 11.8 Å². The van der Waals surface area contributed by atoms with E-state index in [1.807, 2.05) is 30.3 Å². The van der Waals surface area contributed by atoms with E-state index < -0.39 is 5.60 Å². The van der Waals surface area contributed by atoms with Gasteiger partial charge in [-0.05, 0) is 55.7 Å². The van der Waals surface area contributed by atoms with Gasteiger partial charge >= 0.3 is 18.0 Å². The highest BCUT2D eigenvalue weighted by molar-refractivity contribution is 5.95. The van der Waals surface area contributed by atoms with Gasteiger partial charge in [-0.2, -0.15) is 0 Å². The SMILES string of the molecule is CNC(=O)NCCN(Cc1ccccc1)C1CCC2C(C1)OC1CC(N(CCNC(=O)NC)Cc3ccccc3)CCC1C21OC(=O)c2ccccc21. The minimum atomic E-state index is -0.729. The number of nitrogens with zero attached hydrogens (tertiary/aromatic N) is 2. The Bertz CT molecular complexity index is 1620. The summed E-state index contributed by atoms with van der Waals surface area (Å²) in [4.78, 5) is 42.8. The zero-order valence-corrected chi connectivity index (χ0v) is 31.0. The second-order valence-electron chi connectivity index (χ2n) is 15.0. The van der Waals surface area contributed by atoms with Crippen LogP contribution in [-0.2, 0) is 28.2 Å². The number of hydrogen-bond donors (Lipinski definition) is 4. The molecule has 2 aliphatic heterocycles. The van der Waals surface area contributed by atoms with Crippen molar-refractivity contribution in [3.8, 4) is 0 Å². The monoisotopic (exact) mass is 722 g/mol. The maximum Gasteiger partial charge on any atom is 0.339 e. The molecule has 0 bridgehead atoms. The summed E-state index contributed by atoms with van der Waals surface area (Å²) < 4.78 is 14.0. The predicted octanol–water partition coefficient (Wildman–Crippen LogP) is 5.02. The van der Waals surface area contributed by atoms with E-state index in [-0.39, 0.29) is 54.2 Å². The van der Waals surface area contributed by atoms with Gasteiger partial charge in [0, 0.05) is 82.8 Å². The van der Waals surface area contributed by atoms with Crippen LogP contribution in [0.2, 0.25) is 0 Å². The summed E-state index contributed by atoms with van der Waals surface area (Å²) in [5.41, 5.74) is 3.45. The highest BCUT2D eigenvalue weighted by atomic mass is 16.6. The third kappa shape index (κ3) is 7.93. The van der Waals surface area contributed by atoms with E-state index in [2.05, 4.69) is 85.7 Å². The fraction of sp³-hybridized carbons (Fsp3) is 0.500. The first kappa shape index (κ1) is 36.9. The lowest BCUT2D eigenvalue weighted by Crippen LogP contribution is -2.63. The van der Waals surface area contributed by atoms with Crippen LogP contribution in [0.25, 0.3) is 0 Å². The molecular weight excluding hydrogens is 668 g/mol. The number of carbonyl (C=O) groups is 3. The molecule has 7 rings (SSSR count). The number of carbonyl (C=O) groups excluding carboxylic acids is 3. The number of benzene rings is 3. The molecule has 3 aromatic carbocycles. The van der Waals surface area contributed by atoms with Gasteiger partial charge in [0.05, 0.1) is 17.8 Å². The molecule has 4 aliphatic rings. The number of rotatable bonds is 12. The van der Waals surface area contributed by atoms with E-state index in [0.29, 0.717) is 31.7 Å². The second-order valence-corrected chi connectivity index (χ2v) is 15.0. The van der Waals surface area contributed by atoms with Crippen molar-refractivity contribution in [3.05, 3.63) is 107 Å². The molecule has 3 aromatic rings. The molecule has 11 nitrogen and oxygen atoms in total. The lowest BCUT2D eigenvalue weighted by Gasteiger charge is -2.58. The van der Waals surface area contributed by atoms with Crippen LogP contribution in [0.4, 0.5) is 9.59 Å². The summed E-state index contributed by atoms with van der Waals surface area (Å²) in [5.74, 6) is -0.131. The van der Waals surface area contributed by atoms with Crippen LogP contribution in [0.15, 0.2) is 84.9 Å². The molecule has 2 heterocycles. The molecule has 11 heteroatoms. The Morgan fingerprint density at radius 2 is 1.15 bits per heavy atom. The minimum Gasteiger partial charge on any atom is -0.450 e. The Kier molecular flexibility index (Phi) is 11.6. The zero-order valence-electron chi connectivity index (χ0n) is 31.0. The molecule has 4 N–H and O–H groups in total. The predicted molar refractivity (Wildman–Crippen MR) is 203 cm³/mol. The first-order chi connectivity index (χ1) is 25.9. The van der Waals surface area contributed by atoms with Crippen LogP contribution in [0.5, 0.6) is 0 Å². The summed E-state index contributed by atoms with van der Waals surface area (Å²) in [6.45, 7) is 4.03. The maximum absolute atomic E-state index is 13.7. The molecule has 6 unspecified atom stereocenters. The van der Waals surface area contributed by atoms with Gasteiger partial charge in [0.15, 0.2) is 0 Å². The van der Waals surface area contributed by atoms with Gasteiger partial charge in [0.25, 0.3) is 0 Å². The van der Waals surface area contributed by atoms with Crippen molar-refractivity contribution < 1.29 is 23.9 Å². The first-order valence-electron chi connectivity index (χ1n) is 19.3. The van der Waals surface area contributed by atoms with Crippen LogP contribution in [0.3, 0.4) is 0 Å². The Labute approximate surface area is 313 Å². The van der Waals surface area contributed by atoms with Crippen LogP contribution in [0.1, 0.15) is 65.6 Å². The maximum atomic E-state index is 13.7. The summed E-state index contributed by atoms with van der Waals surface area (Å²) in [6.07, 6.45) is 5.08. The molecule has 2 saturated carbocycles. The molecule has 6 atom stereocenters. The van der Waals surface area contributed by atoms with Crippen molar-refractivity contribution in [2.24, 2.45) is 11.8 Å². The van der Waals surface area contributed by atoms with Gasteiger partial charge in [-0.3, -0.25) is 9.80 Å². The van der Waals surface area contributed by atoms with E-state index in [0.717, 1.165) is 57.2 Å². The molecule has 282 valence electrons. The minimum absolute atomic E-state index is 0.0453. The summed E-state index contributed by atoms with van der Waals surface area (Å²) in [7, 11) is 3.27. The zero-order chi connectivity index (χ0) is 36.8. The van der Waals surface area contributed by atoms with E-state index in [9.17, 15) is 14.4 Å². The molecule has 3 fully saturated rings. The second kappa shape index (κ2) is 16.7. The van der Waals surface area contributed by atoms with Crippen LogP contribution < -0.4 is 21.3 Å². The number of fused-ring (bicyclic) bond motifs is 6. The van der Waals surface area contributed by atoms with Gasteiger partial charge in [0.2, 0.25) is 0 Å². The summed E-state index contributed by atoms with van der Waals surface area (Å²) in [6, 6.07) is 29.1. The largest absolute Gasteiger partial charge is 0.450 e. The van der Waals surface area contributed by atoms with Crippen LogP contribution >= 0.6 is 0 Å². The Hall–Kier alpha value is -4.45. The number of amides is 4. The van der Waals surface area contributed by atoms with Gasteiger partial charge < -0.3 is 30.7 Å². The fourth-order valence-electron chi connectivity index (χ4n) is 9.70. The van der Waals surface area contributed by atoms with Crippen molar-refractivity contribution in [3.63, 3.8) is 0 Å². The molecule has 4 amide bonds. The number of hydrogen-bond acceptors (Lipinski definition) is 7. The van der Waals surface area contributed by atoms with Crippen molar-refractivity contribution in [2.45, 2.75) is 81.5 Å². The van der Waals surface area contributed by atoms with Gasteiger partial charge in [-0.15, -0.1) is 0 Å². The number of nitrogens with one attached hydrogen (secondary N) is 4. The normalized spacial score (nSPS) is 27.4. The molecular formula is C42H54N6O5. The van der Waals surface area contributed by atoms with E-state index in [1.165, 1.54) is 11.1 Å². The third-order valence-electron chi connectivity index (χ3n) is 12.1. The van der Waals surface area contributed by atoms with Gasteiger partial charge in [0.1, 0.15) is 5.60 Å². The molecule has 53 heavy (non-hydrogen) atoms. The van der Waals surface area contributed by atoms with Crippen molar-refractivity contribution in [2.75, 3.05) is 40.3 Å². The van der Waals surface area contributed by atoms with E-state index >= 15 is 0 Å². The topological polar surface area (TPSA) is 124 Å². The highest BCUT2D eigenvalue weighted by Gasteiger charge is 2.64. The highest BCUT2D eigenvalue weighted by Crippen LogP contribution is 2.60. The third-order valence-corrected chi connectivity index (χ3v) is 12.1. The molecule has 0 radical (unpaired) electrons. The smallest absolute Gasteiger partial charge is 0.339 e. The average molecular weight is 723 g/mol. The average Bonchev–Trinajstić information content (AvgIpc) is 3.49. The number of urea groups is 2. The van der Waals surface area contributed by atoms with Crippen molar-refractivity contribution in [1.29, 1.82) is 0 Å². The molecule has 1 spiro atoms. The Morgan fingerprint density at radius 3 is 1.64 bits per heavy atom. The molecule has 0 aromatic heterocycles. The lowest BCUT2D eigenvalue weighted by molar-refractivity contribution is -0.253. The summed E-state index contributed by atoms with van der Waals surface area (Å²) >= 11 is 0. The number of esters is 1. The summed E-state index contributed by atoms with van der Waals surface area (Å²) in [5, 5.41) is 11.3.